The van der Waals surface area contributed by atoms with Crippen LogP contribution in [0, 0.1) is 11.7 Å². The largest absolute Gasteiger partial charge is 0.364 e. The molecule has 1 fully saturated rings. The first-order valence-electron chi connectivity index (χ1n) is 9.13. The molecule has 1 aliphatic rings. The number of ether oxygens (including phenoxy) is 1. The fraction of sp³-hybridized carbons (Fsp3) is 0.421. The van der Waals surface area contributed by atoms with Crippen molar-refractivity contribution in [2.24, 2.45) is 5.92 Å². The van der Waals surface area contributed by atoms with Crippen LogP contribution in [0.2, 0.25) is 0 Å². The highest BCUT2D eigenvalue weighted by molar-refractivity contribution is 5.77. The minimum atomic E-state index is -0.316. The van der Waals surface area contributed by atoms with Crippen molar-refractivity contribution in [2.45, 2.75) is 26.0 Å². The van der Waals surface area contributed by atoms with Gasteiger partial charge in [-0.25, -0.2) is 14.4 Å². The van der Waals surface area contributed by atoms with Crippen LogP contribution in [0.1, 0.15) is 18.7 Å². The van der Waals surface area contributed by atoms with Gasteiger partial charge in [-0.1, -0.05) is 0 Å². The summed E-state index contributed by atoms with van der Waals surface area (Å²) in [5.41, 5.74) is 1.30. The molecule has 3 heterocycles. The van der Waals surface area contributed by atoms with Gasteiger partial charge in [0.1, 0.15) is 24.9 Å². The number of nitrogens with zero attached hydrogens (tertiary/aromatic N) is 4. The Labute approximate surface area is 156 Å². The number of nitrogens with one attached hydrogen (secondary N) is 1. The Morgan fingerprint density at radius 1 is 1.41 bits per heavy atom. The SMILES string of the molecule is O=C(COCc1nc2ccc(F)cc2[nH]1)N1CCC[C@@H](Cn2ccnc2)C1. The van der Waals surface area contributed by atoms with E-state index in [4.69, 9.17) is 4.74 Å². The predicted octanol–water partition coefficient (Wildman–Crippen LogP) is 2.35. The summed E-state index contributed by atoms with van der Waals surface area (Å²) in [6, 6.07) is 4.38. The zero-order valence-corrected chi connectivity index (χ0v) is 15.0. The van der Waals surface area contributed by atoms with Crippen molar-refractivity contribution in [1.29, 1.82) is 0 Å². The lowest BCUT2D eigenvalue weighted by Crippen LogP contribution is -2.42. The number of hydrogen-bond donors (Lipinski definition) is 1. The van der Waals surface area contributed by atoms with Crippen LogP contribution in [0.4, 0.5) is 4.39 Å². The molecule has 0 saturated carbocycles. The lowest BCUT2D eigenvalue weighted by Gasteiger charge is -2.32. The van der Waals surface area contributed by atoms with Crippen molar-refractivity contribution in [2.75, 3.05) is 19.7 Å². The molecule has 27 heavy (non-hydrogen) atoms. The lowest BCUT2D eigenvalue weighted by molar-refractivity contribution is -0.138. The van der Waals surface area contributed by atoms with E-state index in [0.717, 1.165) is 32.5 Å². The van der Waals surface area contributed by atoms with Gasteiger partial charge in [0.05, 0.1) is 17.4 Å². The van der Waals surface area contributed by atoms with Gasteiger partial charge in [-0.3, -0.25) is 4.79 Å². The van der Waals surface area contributed by atoms with Crippen LogP contribution in [-0.2, 0) is 22.7 Å². The molecule has 2 aromatic heterocycles. The molecule has 0 aliphatic carbocycles. The maximum Gasteiger partial charge on any atom is 0.248 e. The Bertz CT molecular complexity index is 908. The zero-order chi connectivity index (χ0) is 18.6. The van der Waals surface area contributed by atoms with Crippen LogP contribution in [-0.4, -0.2) is 50.0 Å². The summed E-state index contributed by atoms with van der Waals surface area (Å²) in [5, 5.41) is 0. The van der Waals surface area contributed by atoms with Gasteiger partial charge in [0, 0.05) is 32.0 Å². The highest BCUT2D eigenvalue weighted by Crippen LogP contribution is 2.19. The molecule has 0 unspecified atom stereocenters. The first-order chi connectivity index (χ1) is 13.2. The third-order valence-corrected chi connectivity index (χ3v) is 4.86. The van der Waals surface area contributed by atoms with Crippen LogP contribution < -0.4 is 0 Å². The quantitative estimate of drug-likeness (QED) is 0.722. The third-order valence-electron chi connectivity index (χ3n) is 4.86. The molecule has 0 spiro atoms. The van der Waals surface area contributed by atoms with Gasteiger partial charge in [-0.05, 0) is 37.0 Å². The van der Waals surface area contributed by atoms with Crippen molar-refractivity contribution >= 4 is 16.9 Å². The normalized spacial score (nSPS) is 17.5. The van der Waals surface area contributed by atoms with Crippen molar-refractivity contribution in [1.82, 2.24) is 24.4 Å². The van der Waals surface area contributed by atoms with Crippen LogP contribution in [0.25, 0.3) is 11.0 Å². The molecular weight excluding hydrogens is 349 g/mol. The van der Waals surface area contributed by atoms with Crippen molar-refractivity contribution in [3.8, 4) is 0 Å². The molecule has 1 saturated heterocycles. The molecule has 4 rings (SSSR count). The van der Waals surface area contributed by atoms with Gasteiger partial charge >= 0.3 is 0 Å². The van der Waals surface area contributed by atoms with E-state index in [0.29, 0.717) is 22.8 Å². The fourth-order valence-corrected chi connectivity index (χ4v) is 3.56. The highest BCUT2D eigenvalue weighted by Gasteiger charge is 2.23. The van der Waals surface area contributed by atoms with Crippen molar-refractivity contribution < 1.29 is 13.9 Å². The second kappa shape index (κ2) is 7.87. The number of aromatic amines is 1. The molecule has 1 atom stereocenters. The van der Waals surface area contributed by atoms with Crippen LogP contribution in [0.5, 0.6) is 0 Å². The lowest BCUT2D eigenvalue weighted by atomic mass is 9.98. The molecule has 7 nitrogen and oxygen atoms in total. The number of imidazole rings is 2. The summed E-state index contributed by atoms with van der Waals surface area (Å²) in [5.74, 6) is 0.693. The van der Waals surface area contributed by atoms with Crippen LogP contribution in [0.15, 0.2) is 36.9 Å². The Morgan fingerprint density at radius 2 is 2.33 bits per heavy atom. The van der Waals surface area contributed by atoms with E-state index in [1.807, 2.05) is 17.4 Å². The summed E-state index contributed by atoms with van der Waals surface area (Å²) in [6.45, 7) is 2.59. The van der Waals surface area contributed by atoms with Crippen LogP contribution >= 0.6 is 0 Å². The number of benzene rings is 1. The van der Waals surface area contributed by atoms with E-state index in [1.54, 1.807) is 12.3 Å². The maximum atomic E-state index is 13.2. The zero-order valence-electron chi connectivity index (χ0n) is 15.0. The van der Waals surface area contributed by atoms with E-state index in [2.05, 4.69) is 19.5 Å². The molecule has 1 amide bonds. The van der Waals surface area contributed by atoms with Gasteiger partial charge in [-0.2, -0.15) is 0 Å². The third kappa shape index (κ3) is 4.33. The number of likely N-dealkylation sites (tertiary alicyclic amines) is 1. The molecule has 1 aliphatic heterocycles. The molecule has 142 valence electrons. The van der Waals surface area contributed by atoms with E-state index in [9.17, 15) is 9.18 Å². The summed E-state index contributed by atoms with van der Waals surface area (Å²) < 4.78 is 20.8. The molecule has 3 aromatic rings. The van der Waals surface area contributed by atoms with E-state index in [1.165, 1.54) is 12.1 Å². The second-order valence-corrected chi connectivity index (χ2v) is 6.95. The van der Waals surface area contributed by atoms with E-state index in [-0.39, 0.29) is 24.9 Å². The molecule has 8 heteroatoms. The van der Waals surface area contributed by atoms with Gasteiger partial charge in [0.2, 0.25) is 5.91 Å². The molecule has 0 bridgehead atoms. The Morgan fingerprint density at radius 3 is 3.19 bits per heavy atom. The summed E-state index contributed by atoms with van der Waals surface area (Å²) in [4.78, 5) is 25.7. The summed E-state index contributed by atoms with van der Waals surface area (Å²) >= 11 is 0. The number of aromatic nitrogens is 4. The second-order valence-electron chi connectivity index (χ2n) is 6.95. The Balaban J connectivity index is 1.26. The number of carbonyl (C=O) groups is 1. The summed E-state index contributed by atoms with van der Waals surface area (Å²) in [6.07, 6.45) is 7.64. The van der Waals surface area contributed by atoms with Gasteiger partial charge in [-0.15, -0.1) is 0 Å². The van der Waals surface area contributed by atoms with E-state index < -0.39 is 0 Å². The average molecular weight is 371 g/mol. The molecule has 1 aromatic carbocycles. The number of rotatable bonds is 6. The van der Waals surface area contributed by atoms with Gasteiger partial charge < -0.3 is 19.2 Å². The predicted molar refractivity (Wildman–Crippen MR) is 97.2 cm³/mol. The Kier molecular flexibility index (Phi) is 5.15. The first-order valence-corrected chi connectivity index (χ1v) is 9.13. The number of carbonyl (C=O) groups excluding carboxylic acids is 1. The topological polar surface area (TPSA) is 76.0 Å². The molecular formula is C19H22FN5O2. The average Bonchev–Trinajstić information content (AvgIpc) is 3.31. The number of halogens is 1. The monoisotopic (exact) mass is 371 g/mol. The standard InChI is InChI=1S/C19H22FN5O2/c20-15-3-4-16-17(8-15)23-18(22-16)11-27-12-19(26)25-6-1-2-14(10-25)9-24-7-5-21-13-24/h3-5,7-8,13-14H,1-2,6,9-12H2,(H,22,23)/t14-/m0/s1. The summed E-state index contributed by atoms with van der Waals surface area (Å²) in [7, 11) is 0. The van der Waals surface area contributed by atoms with Crippen LogP contribution in [0.3, 0.4) is 0 Å². The minimum absolute atomic E-state index is 0.00696. The van der Waals surface area contributed by atoms with E-state index >= 15 is 0 Å². The minimum Gasteiger partial charge on any atom is -0.364 e. The number of amides is 1. The van der Waals surface area contributed by atoms with Gasteiger partial charge in [0.15, 0.2) is 0 Å². The van der Waals surface area contributed by atoms with Gasteiger partial charge in [0.25, 0.3) is 0 Å². The number of fused-ring (bicyclic) bond motifs is 1. The number of H-pyrrole nitrogens is 1. The number of hydrogen-bond acceptors (Lipinski definition) is 4. The van der Waals surface area contributed by atoms with Crippen molar-refractivity contribution in [3.63, 3.8) is 0 Å². The maximum absolute atomic E-state index is 13.2. The molecule has 1 N–H and O–H groups in total. The fourth-order valence-electron chi connectivity index (χ4n) is 3.56. The molecule has 0 radical (unpaired) electrons. The highest BCUT2D eigenvalue weighted by atomic mass is 19.1. The van der Waals surface area contributed by atoms with Crippen molar-refractivity contribution in [3.05, 3.63) is 48.6 Å². The first kappa shape index (κ1) is 17.7. The number of piperidine rings is 1. The Hall–Kier alpha value is -2.74. The smallest absolute Gasteiger partial charge is 0.248 e.